The number of ether oxygens (including phenoxy) is 4. The van der Waals surface area contributed by atoms with Crippen molar-refractivity contribution < 1.29 is 28.5 Å². The van der Waals surface area contributed by atoms with Crippen LogP contribution in [0.2, 0.25) is 0 Å². The molecule has 4 aromatic carbocycles. The molecular weight excluding hydrogens is 805 g/mol. The number of aromatic nitrogens is 2. The van der Waals surface area contributed by atoms with Crippen LogP contribution in [-0.4, -0.2) is 124 Å². The maximum absolute atomic E-state index is 12.5. The van der Waals surface area contributed by atoms with Gasteiger partial charge in [0.05, 0.1) is 11.1 Å². The maximum Gasteiger partial charge on any atom is 0.417 e. The summed E-state index contributed by atoms with van der Waals surface area (Å²) in [4.78, 5) is 44.5. The molecule has 4 heterocycles. The van der Waals surface area contributed by atoms with Crippen LogP contribution in [0.25, 0.3) is 21.5 Å². The summed E-state index contributed by atoms with van der Waals surface area (Å²) in [6, 6.07) is 35.3. The van der Waals surface area contributed by atoms with Crippen LogP contribution in [0.1, 0.15) is 36.4 Å². The molecule has 0 aliphatic carbocycles. The molecule has 0 radical (unpaired) electrons. The van der Waals surface area contributed by atoms with E-state index in [0.29, 0.717) is 34.0 Å². The molecule has 0 saturated carbocycles. The summed E-state index contributed by atoms with van der Waals surface area (Å²) in [5.41, 5.74) is 2.64. The molecule has 0 bridgehead atoms. The minimum absolute atomic E-state index is 0.00669. The lowest BCUT2D eigenvalue weighted by atomic mass is 10.1. The van der Waals surface area contributed by atoms with Gasteiger partial charge in [0.2, 0.25) is 0 Å². The van der Waals surface area contributed by atoms with Crippen LogP contribution in [-0.2, 0) is 19.1 Å². The molecule has 2 aliphatic heterocycles. The number of rotatable bonds is 12. The van der Waals surface area contributed by atoms with E-state index in [1.165, 1.54) is 0 Å². The van der Waals surface area contributed by atoms with Crippen LogP contribution in [0.3, 0.4) is 0 Å². The van der Waals surface area contributed by atoms with E-state index >= 15 is 0 Å². The van der Waals surface area contributed by atoms with Crippen molar-refractivity contribution in [3.05, 3.63) is 132 Å². The zero-order chi connectivity index (χ0) is 44.1. The second-order valence-electron chi connectivity index (χ2n) is 15.4. The standard InChI is InChI=1S/C52H52N6O6/c1-3-55-25-29-57(30-26-55)49-45-17-9-5-15-41(45)37-43(53-49)23-21-39-13-7-11-19-47(39)61-33-35-63-51(59)52(60)64-36-34-62-48-20-12-8-14-40(48)22-24-44-38-42-16-6-10-18-46(42)50(54-44)58-31-27-56(4-2)28-32-58/h5-20,37-38H,3-4,25-36H2,1-2H3. The Morgan fingerprint density at radius 1 is 0.500 bits per heavy atom. The topological polar surface area (TPSA) is 110 Å². The van der Waals surface area contributed by atoms with E-state index in [1.807, 2.05) is 72.8 Å². The second-order valence-corrected chi connectivity index (χ2v) is 15.4. The van der Waals surface area contributed by atoms with Gasteiger partial charge in [-0.2, -0.15) is 0 Å². The monoisotopic (exact) mass is 856 g/mol. The summed E-state index contributed by atoms with van der Waals surface area (Å²) in [6.07, 6.45) is 0. The number of hydrogen-bond donors (Lipinski definition) is 0. The van der Waals surface area contributed by atoms with Gasteiger partial charge in [-0.15, -0.1) is 0 Å². The van der Waals surface area contributed by atoms with E-state index in [0.717, 1.165) is 98.6 Å². The minimum Gasteiger partial charge on any atom is -0.489 e. The first-order valence-corrected chi connectivity index (χ1v) is 22.0. The predicted octanol–water partition coefficient (Wildman–Crippen LogP) is 6.41. The fourth-order valence-corrected chi connectivity index (χ4v) is 7.87. The number of benzene rings is 4. The predicted molar refractivity (Wildman–Crippen MR) is 250 cm³/mol. The minimum atomic E-state index is -1.12. The van der Waals surface area contributed by atoms with Gasteiger partial charge in [-0.25, -0.2) is 19.6 Å². The lowest BCUT2D eigenvalue weighted by molar-refractivity contribution is -0.168. The molecule has 0 spiro atoms. The van der Waals surface area contributed by atoms with Crippen molar-refractivity contribution in [2.24, 2.45) is 0 Å². The third-order valence-electron chi connectivity index (χ3n) is 11.4. The molecular formula is C52H52N6O6. The largest absolute Gasteiger partial charge is 0.489 e. The van der Waals surface area contributed by atoms with Gasteiger partial charge >= 0.3 is 11.9 Å². The summed E-state index contributed by atoms with van der Waals surface area (Å²) in [6.45, 7) is 13.8. The van der Waals surface area contributed by atoms with Gasteiger partial charge in [-0.1, -0.05) is 98.5 Å². The van der Waals surface area contributed by atoms with Gasteiger partial charge in [-0.3, -0.25) is 0 Å². The van der Waals surface area contributed by atoms with Crippen LogP contribution in [0.5, 0.6) is 11.5 Å². The van der Waals surface area contributed by atoms with E-state index in [9.17, 15) is 9.59 Å². The van der Waals surface area contributed by atoms with E-state index in [1.54, 1.807) is 12.1 Å². The molecule has 2 fully saturated rings. The van der Waals surface area contributed by atoms with E-state index < -0.39 is 11.9 Å². The summed E-state index contributed by atoms with van der Waals surface area (Å²) in [7, 11) is 0. The third kappa shape index (κ3) is 10.9. The Kier molecular flexibility index (Phi) is 14.5. The summed E-state index contributed by atoms with van der Waals surface area (Å²) >= 11 is 0. The van der Waals surface area contributed by atoms with Crippen LogP contribution in [0, 0.1) is 23.7 Å². The molecule has 0 atom stereocenters. The second kappa shape index (κ2) is 21.3. The van der Waals surface area contributed by atoms with Crippen molar-refractivity contribution in [3.8, 4) is 35.2 Å². The fraction of sp³-hybridized carbons (Fsp3) is 0.308. The molecule has 8 rings (SSSR count). The quantitative estimate of drug-likeness (QED) is 0.0588. The normalized spacial score (nSPS) is 14.3. The maximum atomic E-state index is 12.5. The van der Waals surface area contributed by atoms with Crippen molar-refractivity contribution >= 4 is 45.1 Å². The molecule has 0 unspecified atom stereocenters. The molecule has 0 N–H and O–H groups in total. The van der Waals surface area contributed by atoms with Gasteiger partial charge in [0, 0.05) is 63.1 Å². The average molecular weight is 857 g/mol. The Labute approximate surface area is 374 Å². The Morgan fingerprint density at radius 2 is 0.891 bits per heavy atom. The van der Waals surface area contributed by atoms with E-state index in [4.69, 9.17) is 28.9 Å². The zero-order valence-corrected chi connectivity index (χ0v) is 36.4. The number of carbonyl (C=O) groups is 2. The van der Waals surface area contributed by atoms with Crippen LogP contribution in [0.15, 0.2) is 109 Å². The SMILES string of the molecule is CCN1CCN(c2nc(C#Cc3ccccc3OCCOC(=O)C(=O)OCCOc3ccccc3C#Cc3cc4ccccc4c(N4CCN(CC)CC4)n3)cc3ccccc23)CC1. The van der Waals surface area contributed by atoms with Crippen molar-refractivity contribution in [1.82, 2.24) is 19.8 Å². The van der Waals surface area contributed by atoms with Gasteiger partial charge in [0.1, 0.15) is 61.0 Å². The van der Waals surface area contributed by atoms with Crippen molar-refractivity contribution in [1.29, 1.82) is 0 Å². The lowest BCUT2D eigenvalue weighted by Crippen LogP contribution is -2.46. The van der Waals surface area contributed by atoms with Crippen LogP contribution >= 0.6 is 0 Å². The van der Waals surface area contributed by atoms with Crippen LogP contribution < -0.4 is 19.3 Å². The Balaban J connectivity index is 0.813. The Morgan fingerprint density at radius 3 is 1.31 bits per heavy atom. The molecule has 12 nitrogen and oxygen atoms in total. The first-order valence-electron chi connectivity index (χ1n) is 22.0. The highest BCUT2D eigenvalue weighted by molar-refractivity contribution is 6.29. The highest BCUT2D eigenvalue weighted by atomic mass is 16.6. The first-order chi connectivity index (χ1) is 31.4. The van der Waals surface area contributed by atoms with Crippen molar-refractivity contribution in [3.63, 3.8) is 0 Å². The molecule has 12 heteroatoms. The molecule has 326 valence electrons. The smallest absolute Gasteiger partial charge is 0.417 e. The number of fused-ring (bicyclic) bond motifs is 2. The molecule has 0 amide bonds. The number of carbonyl (C=O) groups excluding carboxylic acids is 2. The number of piperazine rings is 2. The molecule has 6 aromatic rings. The average Bonchev–Trinajstić information content (AvgIpc) is 3.35. The molecule has 2 aromatic heterocycles. The van der Waals surface area contributed by atoms with E-state index in [-0.39, 0.29) is 26.4 Å². The van der Waals surface area contributed by atoms with Gasteiger partial charge in [0.25, 0.3) is 0 Å². The zero-order valence-electron chi connectivity index (χ0n) is 36.4. The van der Waals surface area contributed by atoms with E-state index in [2.05, 4.69) is 81.4 Å². The number of para-hydroxylation sites is 2. The summed E-state index contributed by atoms with van der Waals surface area (Å²) in [5, 5.41) is 4.38. The molecule has 64 heavy (non-hydrogen) atoms. The number of hydrogen-bond acceptors (Lipinski definition) is 12. The molecule has 2 aliphatic rings. The first kappa shape index (κ1) is 43.5. The highest BCUT2D eigenvalue weighted by Crippen LogP contribution is 2.29. The summed E-state index contributed by atoms with van der Waals surface area (Å²) < 4.78 is 22.2. The fourth-order valence-electron chi connectivity index (χ4n) is 7.87. The van der Waals surface area contributed by atoms with Gasteiger partial charge in [-0.05, 0) is 72.1 Å². The summed E-state index contributed by atoms with van der Waals surface area (Å²) in [5.74, 6) is 13.6. The number of nitrogens with zero attached hydrogens (tertiary/aromatic N) is 6. The highest BCUT2D eigenvalue weighted by Gasteiger charge is 2.21. The van der Waals surface area contributed by atoms with Crippen LogP contribution in [0.4, 0.5) is 11.6 Å². The lowest BCUT2D eigenvalue weighted by Gasteiger charge is -2.35. The van der Waals surface area contributed by atoms with Crippen molar-refractivity contribution in [2.45, 2.75) is 13.8 Å². The van der Waals surface area contributed by atoms with Crippen molar-refractivity contribution in [2.75, 3.05) is 102 Å². The molecule has 2 saturated heterocycles. The third-order valence-corrected chi connectivity index (χ3v) is 11.4. The number of esters is 2. The number of likely N-dealkylation sites (N-methyl/N-ethyl adjacent to an activating group) is 2. The Hall–Kier alpha value is -7.12. The Bertz CT molecular complexity index is 2530. The number of anilines is 2. The number of pyridine rings is 2. The van der Waals surface area contributed by atoms with Gasteiger partial charge in [0.15, 0.2) is 0 Å². The van der Waals surface area contributed by atoms with Gasteiger partial charge < -0.3 is 38.5 Å².